The molecule has 172 valence electrons. The third kappa shape index (κ3) is 5.74. The normalized spacial score (nSPS) is 18.9. The molecule has 9 nitrogen and oxygen atoms in total. The largest absolute Gasteiger partial charge is 0.351 e. The van der Waals surface area contributed by atoms with Gasteiger partial charge in [-0.05, 0) is 61.4 Å². The fourth-order valence-electron chi connectivity index (χ4n) is 3.80. The number of nitrogens with zero attached hydrogens (tertiary/aromatic N) is 2. The van der Waals surface area contributed by atoms with E-state index in [0.717, 1.165) is 30.6 Å². The topological polar surface area (TPSA) is 115 Å². The first-order valence-corrected chi connectivity index (χ1v) is 11.2. The first-order valence-electron chi connectivity index (χ1n) is 10.5. The summed E-state index contributed by atoms with van der Waals surface area (Å²) in [5.41, 5.74) is 0.656. The molecule has 2 atom stereocenters. The highest BCUT2D eigenvalue weighted by Crippen LogP contribution is 2.24. The van der Waals surface area contributed by atoms with Crippen molar-refractivity contribution in [1.82, 2.24) is 16.0 Å². The van der Waals surface area contributed by atoms with Crippen LogP contribution in [0.1, 0.15) is 25.7 Å². The Labute approximate surface area is 200 Å². The summed E-state index contributed by atoms with van der Waals surface area (Å²) in [6, 6.07) is 10.2. The van der Waals surface area contributed by atoms with Crippen molar-refractivity contribution in [2.24, 2.45) is 4.99 Å². The van der Waals surface area contributed by atoms with E-state index in [9.17, 15) is 14.4 Å². The lowest BCUT2D eigenvalue weighted by molar-refractivity contribution is 0.232. The van der Waals surface area contributed by atoms with E-state index in [4.69, 9.17) is 23.2 Å². The molecular formula is C22H22Cl2N6O3. The van der Waals surface area contributed by atoms with Crippen LogP contribution in [0.25, 0.3) is 0 Å². The number of hydrogen-bond acceptors (Lipinski definition) is 5. The Morgan fingerprint density at radius 3 is 2.18 bits per heavy atom. The summed E-state index contributed by atoms with van der Waals surface area (Å²) in [6.45, 7) is 0. The molecule has 2 aromatic rings. The number of carbonyl (C=O) groups is 3. The van der Waals surface area contributed by atoms with Crippen LogP contribution in [-0.2, 0) is 0 Å². The highest BCUT2D eigenvalue weighted by atomic mass is 35.5. The molecule has 0 unspecified atom stereocenters. The average Bonchev–Trinajstić information content (AvgIpc) is 3.19. The fourth-order valence-corrected chi connectivity index (χ4v) is 4.06. The zero-order valence-electron chi connectivity index (χ0n) is 17.5. The lowest BCUT2D eigenvalue weighted by atomic mass is 9.92. The molecule has 2 aromatic carbocycles. The molecule has 4 rings (SSSR count). The van der Waals surface area contributed by atoms with Crippen LogP contribution in [0.4, 0.5) is 25.8 Å². The molecule has 1 aliphatic carbocycles. The van der Waals surface area contributed by atoms with Gasteiger partial charge in [0.05, 0.1) is 17.8 Å². The molecule has 0 saturated heterocycles. The van der Waals surface area contributed by atoms with Crippen molar-refractivity contribution < 1.29 is 14.4 Å². The molecule has 2 aliphatic rings. The number of imide groups is 2. The van der Waals surface area contributed by atoms with Crippen LogP contribution in [0.3, 0.4) is 0 Å². The summed E-state index contributed by atoms with van der Waals surface area (Å²) >= 11 is 11.8. The Bertz CT molecular complexity index is 1070. The molecule has 11 heteroatoms. The van der Waals surface area contributed by atoms with Crippen LogP contribution in [0.5, 0.6) is 0 Å². The van der Waals surface area contributed by atoms with Gasteiger partial charge in [-0.25, -0.2) is 24.3 Å². The van der Waals surface area contributed by atoms with Crippen LogP contribution in [0.15, 0.2) is 53.5 Å². The highest BCUT2D eigenvalue weighted by molar-refractivity contribution is 6.31. The zero-order chi connectivity index (χ0) is 23.4. The van der Waals surface area contributed by atoms with Crippen LogP contribution < -0.4 is 26.2 Å². The number of aliphatic imine (C=N–C) groups is 1. The van der Waals surface area contributed by atoms with Gasteiger partial charge in [0, 0.05) is 15.7 Å². The standard InChI is InChI=1S/C22H22Cl2N6O3/c23-13-5-9-15(10-6-13)25-20(31)29-22(33)30(16-11-7-14(24)8-12-16)21(32)28-19-26-17-3-1-2-4-18(17)27-19/h5-12,17-18H,1-4H2,(H2,25,29,31,33)(H2,26,27,28,32)/t17-,18+. The Kier molecular flexibility index (Phi) is 7.00. The molecule has 1 fully saturated rings. The van der Waals surface area contributed by atoms with E-state index >= 15 is 0 Å². The number of anilines is 2. The number of fused-ring (bicyclic) bond motifs is 1. The highest BCUT2D eigenvalue weighted by Gasteiger charge is 2.33. The number of carbonyl (C=O) groups excluding carboxylic acids is 3. The quantitative estimate of drug-likeness (QED) is 0.489. The molecule has 1 aliphatic heterocycles. The van der Waals surface area contributed by atoms with Gasteiger partial charge in [-0.1, -0.05) is 36.0 Å². The van der Waals surface area contributed by atoms with Gasteiger partial charge in [-0.15, -0.1) is 0 Å². The molecule has 1 heterocycles. The first-order chi connectivity index (χ1) is 15.9. The van der Waals surface area contributed by atoms with Gasteiger partial charge < -0.3 is 10.6 Å². The Morgan fingerprint density at radius 2 is 1.52 bits per heavy atom. The lowest BCUT2D eigenvalue weighted by Crippen LogP contribution is -2.54. The predicted octanol–water partition coefficient (Wildman–Crippen LogP) is 4.72. The first kappa shape index (κ1) is 22.9. The Hall–Kier alpha value is -3.30. The molecule has 0 spiro atoms. The summed E-state index contributed by atoms with van der Waals surface area (Å²) < 4.78 is 0. The Morgan fingerprint density at radius 1 is 0.879 bits per heavy atom. The minimum atomic E-state index is -0.947. The van der Waals surface area contributed by atoms with E-state index in [1.54, 1.807) is 24.3 Å². The second kappa shape index (κ2) is 10.1. The van der Waals surface area contributed by atoms with Gasteiger partial charge in [0.1, 0.15) is 0 Å². The molecule has 4 N–H and O–H groups in total. The minimum absolute atomic E-state index is 0.108. The van der Waals surface area contributed by atoms with Gasteiger partial charge in [0.15, 0.2) is 5.96 Å². The predicted molar refractivity (Wildman–Crippen MR) is 128 cm³/mol. The third-order valence-electron chi connectivity index (χ3n) is 5.39. The van der Waals surface area contributed by atoms with E-state index in [-0.39, 0.29) is 17.8 Å². The number of guanidine groups is 1. The number of halogens is 2. The maximum absolute atomic E-state index is 13.1. The molecule has 0 bridgehead atoms. The number of amides is 6. The van der Waals surface area contributed by atoms with Crippen molar-refractivity contribution in [2.45, 2.75) is 37.8 Å². The number of rotatable bonds is 2. The van der Waals surface area contributed by atoms with Gasteiger partial charge in [-0.3, -0.25) is 10.6 Å². The summed E-state index contributed by atoms with van der Waals surface area (Å²) in [4.78, 5) is 43.7. The van der Waals surface area contributed by atoms with Gasteiger partial charge in [0.2, 0.25) is 0 Å². The van der Waals surface area contributed by atoms with E-state index in [2.05, 4.69) is 26.3 Å². The second-order valence-corrected chi connectivity index (χ2v) is 8.59. The smallest absolute Gasteiger partial charge is 0.338 e. The van der Waals surface area contributed by atoms with Gasteiger partial charge >= 0.3 is 18.1 Å². The molecule has 0 radical (unpaired) electrons. The zero-order valence-corrected chi connectivity index (χ0v) is 19.0. The van der Waals surface area contributed by atoms with E-state index < -0.39 is 18.1 Å². The summed E-state index contributed by atoms with van der Waals surface area (Å²) in [6.07, 6.45) is 4.12. The maximum atomic E-state index is 13.1. The van der Waals surface area contributed by atoms with Crippen molar-refractivity contribution in [3.63, 3.8) is 0 Å². The number of hydrogen-bond donors (Lipinski definition) is 4. The van der Waals surface area contributed by atoms with Crippen molar-refractivity contribution in [2.75, 3.05) is 10.2 Å². The SMILES string of the molecule is O=C(NC(=O)N(C(=O)NC1=N[C@H]2CCCC[C@H]2N1)c1ccc(Cl)cc1)Nc1ccc(Cl)cc1. The van der Waals surface area contributed by atoms with Crippen molar-refractivity contribution >= 4 is 58.6 Å². The van der Waals surface area contributed by atoms with Crippen LogP contribution in [-0.4, -0.2) is 36.1 Å². The monoisotopic (exact) mass is 488 g/mol. The number of benzene rings is 2. The van der Waals surface area contributed by atoms with Crippen molar-refractivity contribution in [1.29, 1.82) is 0 Å². The lowest BCUT2D eigenvalue weighted by Gasteiger charge is -2.23. The molecule has 6 amide bonds. The van der Waals surface area contributed by atoms with Crippen molar-refractivity contribution in [3.05, 3.63) is 58.6 Å². The number of nitrogens with one attached hydrogen (secondary N) is 4. The van der Waals surface area contributed by atoms with E-state index in [1.165, 1.54) is 24.3 Å². The van der Waals surface area contributed by atoms with Gasteiger partial charge in [-0.2, -0.15) is 0 Å². The van der Waals surface area contributed by atoms with Crippen LogP contribution in [0, 0.1) is 0 Å². The molecule has 0 aromatic heterocycles. The molecular weight excluding hydrogens is 467 g/mol. The minimum Gasteiger partial charge on any atom is -0.351 e. The maximum Gasteiger partial charge on any atom is 0.338 e. The summed E-state index contributed by atoms with van der Waals surface area (Å²) in [5.74, 6) is 0.314. The fraction of sp³-hybridized carbons (Fsp3) is 0.273. The molecule has 1 saturated carbocycles. The second-order valence-electron chi connectivity index (χ2n) is 7.71. The average molecular weight is 489 g/mol. The third-order valence-corrected chi connectivity index (χ3v) is 5.89. The van der Waals surface area contributed by atoms with Crippen molar-refractivity contribution in [3.8, 4) is 0 Å². The van der Waals surface area contributed by atoms with Gasteiger partial charge in [0.25, 0.3) is 0 Å². The van der Waals surface area contributed by atoms with E-state index in [1.807, 2.05) is 0 Å². The van der Waals surface area contributed by atoms with E-state index in [0.29, 0.717) is 21.7 Å². The summed E-state index contributed by atoms with van der Waals surface area (Å²) in [5, 5.41) is 11.5. The summed E-state index contributed by atoms with van der Waals surface area (Å²) in [7, 11) is 0. The molecule has 33 heavy (non-hydrogen) atoms. The van der Waals surface area contributed by atoms with Crippen LogP contribution >= 0.6 is 23.2 Å². The van der Waals surface area contributed by atoms with Crippen LogP contribution in [0.2, 0.25) is 10.0 Å². The Balaban J connectivity index is 1.47. The number of urea groups is 3.